The van der Waals surface area contributed by atoms with Crippen LogP contribution in [0.2, 0.25) is 0 Å². The molecule has 0 aliphatic heterocycles. The van der Waals surface area contributed by atoms with Crippen LogP contribution in [0, 0.1) is 9.39 Å². The third-order valence-corrected chi connectivity index (χ3v) is 4.90. The second kappa shape index (κ2) is 11.0. The molecule has 0 spiro atoms. The van der Waals surface area contributed by atoms with Crippen molar-refractivity contribution in [2.24, 2.45) is 0 Å². The average Bonchev–Trinajstić information content (AvgIpc) is 2.69. The summed E-state index contributed by atoms with van der Waals surface area (Å²) in [6, 6.07) is 12.6. The Balaban J connectivity index is 2.16. The molecule has 1 N–H and O–H groups in total. The first kappa shape index (κ1) is 22.1. The number of ether oxygens (including phenoxy) is 1. The van der Waals surface area contributed by atoms with Crippen LogP contribution in [0.1, 0.15) is 25.8 Å². The molecule has 7 heteroatoms. The van der Waals surface area contributed by atoms with Gasteiger partial charge in [-0.05, 0) is 77.9 Å². The highest BCUT2D eigenvalue weighted by Crippen LogP contribution is 2.16. The third-order valence-electron chi connectivity index (χ3n) is 4.18. The molecule has 0 saturated carbocycles. The zero-order chi connectivity index (χ0) is 20.5. The van der Waals surface area contributed by atoms with Crippen molar-refractivity contribution >= 4 is 34.4 Å². The molecule has 2 aromatic rings. The highest BCUT2D eigenvalue weighted by atomic mass is 127. The van der Waals surface area contributed by atoms with Gasteiger partial charge in [0.15, 0.2) is 6.61 Å². The second-order valence-electron chi connectivity index (χ2n) is 6.21. The first-order chi connectivity index (χ1) is 13.4. The maximum Gasteiger partial charge on any atom is 0.261 e. The van der Waals surface area contributed by atoms with E-state index in [2.05, 4.69) is 27.9 Å². The van der Waals surface area contributed by atoms with Gasteiger partial charge in [-0.1, -0.05) is 19.1 Å². The Kier molecular flexibility index (Phi) is 8.69. The Bertz CT molecular complexity index is 781. The molecule has 2 rings (SSSR count). The molecule has 2 amide bonds. The van der Waals surface area contributed by atoms with Crippen LogP contribution in [0.15, 0.2) is 48.5 Å². The van der Waals surface area contributed by atoms with E-state index in [0.717, 1.165) is 9.13 Å². The van der Waals surface area contributed by atoms with E-state index in [1.165, 1.54) is 17.0 Å². The molecule has 150 valence electrons. The molecule has 0 aromatic heterocycles. The number of halogens is 2. The SMILES string of the molecule is CCNC(=O)[C@H](CC)N(Cc1ccc(F)cc1)C(=O)COc1ccc(I)cc1. The normalized spacial score (nSPS) is 11.6. The topological polar surface area (TPSA) is 58.6 Å². The van der Waals surface area contributed by atoms with Crippen LogP contribution in [-0.2, 0) is 16.1 Å². The van der Waals surface area contributed by atoms with Crippen LogP contribution in [0.4, 0.5) is 4.39 Å². The van der Waals surface area contributed by atoms with Crippen LogP contribution in [-0.4, -0.2) is 35.9 Å². The fourth-order valence-electron chi connectivity index (χ4n) is 2.76. The fraction of sp³-hybridized carbons (Fsp3) is 0.333. The highest BCUT2D eigenvalue weighted by molar-refractivity contribution is 14.1. The highest BCUT2D eigenvalue weighted by Gasteiger charge is 2.28. The maximum absolute atomic E-state index is 13.2. The minimum atomic E-state index is -0.627. The van der Waals surface area contributed by atoms with Crippen molar-refractivity contribution in [3.8, 4) is 5.75 Å². The number of hydrogen-bond acceptors (Lipinski definition) is 3. The number of likely N-dealkylation sites (N-methyl/N-ethyl adjacent to an activating group) is 1. The third kappa shape index (κ3) is 6.47. The first-order valence-electron chi connectivity index (χ1n) is 9.14. The van der Waals surface area contributed by atoms with E-state index in [1.807, 2.05) is 26.0 Å². The lowest BCUT2D eigenvalue weighted by molar-refractivity contribution is -0.142. The van der Waals surface area contributed by atoms with Crippen LogP contribution in [0.5, 0.6) is 5.75 Å². The molecular weight excluding hydrogens is 474 g/mol. The van der Waals surface area contributed by atoms with Crippen LogP contribution in [0.25, 0.3) is 0 Å². The van der Waals surface area contributed by atoms with Gasteiger partial charge in [0.25, 0.3) is 5.91 Å². The summed E-state index contributed by atoms with van der Waals surface area (Å²) >= 11 is 2.19. The largest absolute Gasteiger partial charge is 0.484 e. The van der Waals surface area contributed by atoms with E-state index in [1.54, 1.807) is 24.3 Å². The molecule has 5 nitrogen and oxygen atoms in total. The van der Waals surface area contributed by atoms with Crippen LogP contribution >= 0.6 is 22.6 Å². The molecule has 1 atom stereocenters. The van der Waals surface area contributed by atoms with E-state index in [4.69, 9.17) is 4.74 Å². The van der Waals surface area contributed by atoms with E-state index >= 15 is 0 Å². The smallest absolute Gasteiger partial charge is 0.261 e. The molecule has 0 heterocycles. The summed E-state index contributed by atoms with van der Waals surface area (Å²) in [5.74, 6) is -0.281. The number of nitrogens with zero attached hydrogens (tertiary/aromatic N) is 1. The van der Waals surface area contributed by atoms with Gasteiger partial charge in [-0.15, -0.1) is 0 Å². The predicted molar refractivity (Wildman–Crippen MR) is 114 cm³/mol. The standard InChI is InChI=1S/C21H24FIN2O3/c1-3-19(21(27)24-4-2)25(13-15-5-7-16(22)8-6-15)20(26)14-28-18-11-9-17(23)10-12-18/h5-12,19H,3-4,13-14H2,1-2H3,(H,24,27)/t19-/m0/s1. The molecule has 0 aliphatic rings. The van der Waals surface area contributed by atoms with Gasteiger partial charge in [-0.25, -0.2) is 4.39 Å². The summed E-state index contributed by atoms with van der Waals surface area (Å²) in [5.41, 5.74) is 0.742. The molecular formula is C21H24FIN2O3. The lowest BCUT2D eigenvalue weighted by Crippen LogP contribution is -2.50. The lowest BCUT2D eigenvalue weighted by atomic mass is 10.1. The Hall–Kier alpha value is -2.16. The van der Waals surface area contributed by atoms with E-state index < -0.39 is 6.04 Å². The number of carbonyl (C=O) groups is 2. The summed E-state index contributed by atoms with van der Waals surface area (Å²) in [6.07, 6.45) is 0.461. The van der Waals surface area contributed by atoms with Gasteiger partial charge >= 0.3 is 0 Å². The summed E-state index contributed by atoms with van der Waals surface area (Å²) in [4.78, 5) is 26.9. The Morgan fingerprint density at radius 1 is 1.11 bits per heavy atom. The zero-order valence-electron chi connectivity index (χ0n) is 16.0. The van der Waals surface area contributed by atoms with Crippen molar-refractivity contribution in [2.45, 2.75) is 32.9 Å². The molecule has 0 saturated heterocycles. The summed E-state index contributed by atoms with van der Waals surface area (Å²) in [7, 11) is 0. The van der Waals surface area contributed by atoms with Gasteiger partial charge < -0.3 is 15.0 Å². The zero-order valence-corrected chi connectivity index (χ0v) is 18.1. The number of amides is 2. The van der Waals surface area contributed by atoms with Crippen molar-refractivity contribution < 1.29 is 18.7 Å². The van der Waals surface area contributed by atoms with Crippen LogP contribution in [0.3, 0.4) is 0 Å². The Labute approximate surface area is 178 Å². The van der Waals surface area contributed by atoms with E-state index in [9.17, 15) is 14.0 Å². The molecule has 0 aliphatic carbocycles. The maximum atomic E-state index is 13.2. The van der Waals surface area contributed by atoms with E-state index in [0.29, 0.717) is 18.7 Å². The molecule has 0 unspecified atom stereocenters. The van der Waals surface area contributed by atoms with Crippen molar-refractivity contribution in [1.29, 1.82) is 0 Å². The van der Waals surface area contributed by atoms with Gasteiger partial charge in [0.2, 0.25) is 5.91 Å². The van der Waals surface area contributed by atoms with Gasteiger partial charge in [0.05, 0.1) is 0 Å². The monoisotopic (exact) mass is 498 g/mol. The quantitative estimate of drug-likeness (QED) is 0.536. The second-order valence-corrected chi connectivity index (χ2v) is 7.45. The minimum absolute atomic E-state index is 0.183. The van der Waals surface area contributed by atoms with Crippen molar-refractivity contribution in [1.82, 2.24) is 10.2 Å². The van der Waals surface area contributed by atoms with Gasteiger partial charge in [-0.3, -0.25) is 9.59 Å². The summed E-state index contributed by atoms with van der Waals surface area (Å²) in [5, 5.41) is 2.77. The number of benzene rings is 2. The van der Waals surface area contributed by atoms with Crippen molar-refractivity contribution in [3.63, 3.8) is 0 Å². The Morgan fingerprint density at radius 3 is 2.32 bits per heavy atom. The fourth-order valence-corrected chi connectivity index (χ4v) is 3.12. The summed E-state index contributed by atoms with van der Waals surface area (Å²) < 4.78 is 19.9. The number of nitrogens with one attached hydrogen (secondary N) is 1. The van der Waals surface area contributed by atoms with E-state index in [-0.39, 0.29) is 30.8 Å². The van der Waals surface area contributed by atoms with Crippen LogP contribution < -0.4 is 10.1 Å². The van der Waals surface area contributed by atoms with Gasteiger partial charge in [0, 0.05) is 16.7 Å². The average molecular weight is 498 g/mol. The lowest BCUT2D eigenvalue weighted by Gasteiger charge is -2.30. The molecule has 2 aromatic carbocycles. The Morgan fingerprint density at radius 2 is 1.75 bits per heavy atom. The number of rotatable bonds is 9. The van der Waals surface area contributed by atoms with Gasteiger partial charge in [-0.2, -0.15) is 0 Å². The van der Waals surface area contributed by atoms with Crippen molar-refractivity contribution in [3.05, 3.63) is 63.5 Å². The first-order valence-corrected chi connectivity index (χ1v) is 10.2. The molecule has 28 heavy (non-hydrogen) atoms. The number of hydrogen-bond donors (Lipinski definition) is 1. The number of carbonyl (C=O) groups excluding carboxylic acids is 2. The van der Waals surface area contributed by atoms with Crippen molar-refractivity contribution in [2.75, 3.05) is 13.2 Å². The predicted octanol–water partition coefficient (Wildman–Crippen LogP) is 3.75. The molecule has 0 bridgehead atoms. The minimum Gasteiger partial charge on any atom is -0.484 e. The van der Waals surface area contributed by atoms with Gasteiger partial charge in [0.1, 0.15) is 17.6 Å². The summed E-state index contributed by atoms with van der Waals surface area (Å²) in [6.45, 7) is 4.18. The molecule has 0 fully saturated rings. The molecule has 0 radical (unpaired) electrons.